The quantitative estimate of drug-likeness (QED) is 0.355. The molecule has 7 nitrogen and oxygen atoms in total. The van der Waals surface area contributed by atoms with Gasteiger partial charge < -0.3 is 9.47 Å². The molecule has 0 unspecified atom stereocenters. The lowest BCUT2D eigenvalue weighted by Gasteiger charge is -2.06. The first-order valence-electron chi connectivity index (χ1n) is 7.99. The second-order valence-electron chi connectivity index (χ2n) is 5.66. The molecular formula is C19H16N2O5S. The van der Waals surface area contributed by atoms with E-state index >= 15 is 0 Å². The van der Waals surface area contributed by atoms with Crippen LogP contribution in [0.15, 0.2) is 47.8 Å². The number of esters is 1. The monoisotopic (exact) mass is 384 g/mol. The van der Waals surface area contributed by atoms with Gasteiger partial charge in [0.15, 0.2) is 0 Å². The topological polar surface area (TPSA) is 91.6 Å². The standard InChI is InChI=1S/C19H16N2O5S/c1-12-16(4-3-5-17(12)21(23)24)19(22)26-10-14-11-27-18(20-14)13-6-8-15(25-2)9-7-13/h3-9,11H,10H2,1-2H3. The maximum Gasteiger partial charge on any atom is 0.339 e. The van der Waals surface area contributed by atoms with Crippen LogP contribution in [0, 0.1) is 17.0 Å². The van der Waals surface area contributed by atoms with Crippen molar-refractivity contribution in [3.8, 4) is 16.3 Å². The van der Waals surface area contributed by atoms with Gasteiger partial charge in [-0.3, -0.25) is 10.1 Å². The SMILES string of the molecule is COc1ccc(-c2nc(COC(=O)c3cccc([N+](=O)[O-])c3C)cs2)cc1. The van der Waals surface area contributed by atoms with Crippen LogP contribution in [-0.4, -0.2) is 23.0 Å². The third-order valence-electron chi connectivity index (χ3n) is 3.96. The summed E-state index contributed by atoms with van der Waals surface area (Å²) in [4.78, 5) is 27.2. The molecule has 1 aromatic heterocycles. The second-order valence-corrected chi connectivity index (χ2v) is 6.51. The molecule has 3 rings (SSSR count). The van der Waals surface area contributed by atoms with Crippen LogP contribution >= 0.6 is 11.3 Å². The Bertz CT molecular complexity index is 982. The number of methoxy groups -OCH3 is 1. The number of nitro groups is 1. The Labute approximate surface area is 159 Å². The van der Waals surface area contributed by atoms with Crippen molar-refractivity contribution in [2.24, 2.45) is 0 Å². The first-order valence-corrected chi connectivity index (χ1v) is 8.87. The molecule has 0 aliphatic heterocycles. The molecule has 0 bridgehead atoms. The number of ether oxygens (including phenoxy) is 2. The second kappa shape index (κ2) is 7.96. The summed E-state index contributed by atoms with van der Waals surface area (Å²) in [6.07, 6.45) is 0. The summed E-state index contributed by atoms with van der Waals surface area (Å²) in [5.41, 5.74) is 1.90. The van der Waals surface area contributed by atoms with Crippen LogP contribution in [0.2, 0.25) is 0 Å². The molecule has 0 saturated heterocycles. The summed E-state index contributed by atoms with van der Waals surface area (Å²) in [5.74, 6) is 0.145. The molecule has 0 fully saturated rings. The van der Waals surface area contributed by atoms with Crippen LogP contribution in [0.5, 0.6) is 5.75 Å². The van der Waals surface area contributed by atoms with E-state index in [1.807, 2.05) is 29.6 Å². The number of nitro benzene ring substituents is 1. The molecular weight excluding hydrogens is 368 g/mol. The highest BCUT2D eigenvalue weighted by Gasteiger charge is 2.19. The van der Waals surface area contributed by atoms with Gasteiger partial charge in [-0.2, -0.15) is 0 Å². The van der Waals surface area contributed by atoms with Crippen molar-refractivity contribution in [1.29, 1.82) is 0 Å². The maximum absolute atomic E-state index is 12.3. The molecule has 0 radical (unpaired) electrons. The molecule has 3 aromatic rings. The van der Waals surface area contributed by atoms with Crippen molar-refractivity contribution < 1.29 is 19.2 Å². The van der Waals surface area contributed by atoms with Crippen molar-refractivity contribution in [1.82, 2.24) is 4.98 Å². The fraction of sp³-hybridized carbons (Fsp3) is 0.158. The molecule has 1 heterocycles. The molecule has 2 aromatic carbocycles. The van der Waals surface area contributed by atoms with Crippen molar-refractivity contribution in [2.45, 2.75) is 13.5 Å². The Hall–Kier alpha value is -3.26. The summed E-state index contributed by atoms with van der Waals surface area (Å²) in [5, 5.41) is 13.6. The van der Waals surface area contributed by atoms with Crippen molar-refractivity contribution in [2.75, 3.05) is 7.11 Å². The normalized spacial score (nSPS) is 10.4. The van der Waals surface area contributed by atoms with Gasteiger partial charge in [0.2, 0.25) is 0 Å². The number of benzene rings is 2. The van der Waals surface area contributed by atoms with Crippen LogP contribution in [0.1, 0.15) is 21.6 Å². The van der Waals surface area contributed by atoms with Gasteiger partial charge in [-0.25, -0.2) is 9.78 Å². The first-order chi connectivity index (χ1) is 13.0. The fourth-order valence-electron chi connectivity index (χ4n) is 2.50. The van der Waals surface area contributed by atoms with Gasteiger partial charge in [-0.15, -0.1) is 11.3 Å². The number of nitrogens with zero attached hydrogens (tertiary/aromatic N) is 2. The van der Waals surface area contributed by atoms with E-state index in [1.165, 1.54) is 36.5 Å². The number of thiazole rings is 1. The maximum atomic E-state index is 12.3. The predicted octanol–water partition coefficient (Wildman–Crippen LogP) is 4.39. The zero-order chi connectivity index (χ0) is 19.4. The summed E-state index contributed by atoms with van der Waals surface area (Å²) < 4.78 is 10.4. The molecule has 27 heavy (non-hydrogen) atoms. The van der Waals surface area contributed by atoms with E-state index in [-0.39, 0.29) is 23.4 Å². The van der Waals surface area contributed by atoms with Gasteiger partial charge in [0.05, 0.1) is 23.3 Å². The van der Waals surface area contributed by atoms with Crippen LogP contribution in [-0.2, 0) is 11.3 Å². The molecule has 0 atom stereocenters. The van der Waals surface area contributed by atoms with Gasteiger partial charge in [0, 0.05) is 22.6 Å². The molecule has 0 saturated carbocycles. The van der Waals surface area contributed by atoms with E-state index in [9.17, 15) is 14.9 Å². The average Bonchev–Trinajstić information content (AvgIpc) is 3.15. The van der Waals surface area contributed by atoms with Crippen LogP contribution in [0.3, 0.4) is 0 Å². The van der Waals surface area contributed by atoms with Gasteiger partial charge >= 0.3 is 5.97 Å². The van der Waals surface area contributed by atoms with E-state index in [1.54, 1.807) is 7.11 Å². The summed E-state index contributed by atoms with van der Waals surface area (Å²) in [7, 11) is 1.61. The van der Waals surface area contributed by atoms with Crippen LogP contribution in [0.4, 0.5) is 5.69 Å². The molecule has 138 valence electrons. The van der Waals surface area contributed by atoms with Crippen molar-refractivity contribution in [3.63, 3.8) is 0 Å². The molecule has 0 amide bonds. The first kappa shape index (κ1) is 18.5. The minimum absolute atomic E-state index is 0.00633. The third-order valence-corrected chi connectivity index (χ3v) is 4.90. The Morgan fingerprint density at radius 2 is 1.96 bits per heavy atom. The smallest absolute Gasteiger partial charge is 0.339 e. The highest BCUT2D eigenvalue weighted by Crippen LogP contribution is 2.26. The number of hydrogen-bond donors (Lipinski definition) is 0. The number of rotatable bonds is 6. The minimum atomic E-state index is -0.616. The van der Waals surface area contributed by atoms with Gasteiger partial charge in [-0.1, -0.05) is 6.07 Å². The molecule has 8 heteroatoms. The zero-order valence-corrected chi connectivity index (χ0v) is 15.5. The van der Waals surface area contributed by atoms with Crippen molar-refractivity contribution in [3.05, 3.63) is 74.8 Å². The summed E-state index contributed by atoms with van der Waals surface area (Å²) in [6, 6.07) is 11.8. The molecule has 0 aliphatic rings. The van der Waals surface area contributed by atoms with E-state index in [2.05, 4.69) is 4.98 Å². The Morgan fingerprint density at radius 1 is 1.22 bits per heavy atom. The highest BCUT2D eigenvalue weighted by atomic mass is 32.1. The largest absolute Gasteiger partial charge is 0.497 e. The van der Waals surface area contributed by atoms with E-state index < -0.39 is 10.9 Å². The Morgan fingerprint density at radius 3 is 2.63 bits per heavy atom. The lowest BCUT2D eigenvalue weighted by atomic mass is 10.1. The van der Waals surface area contributed by atoms with E-state index in [4.69, 9.17) is 9.47 Å². The van der Waals surface area contributed by atoms with Crippen molar-refractivity contribution >= 4 is 23.0 Å². The number of aromatic nitrogens is 1. The van der Waals surface area contributed by atoms with Gasteiger partial charge in [0.25, 0.3) is 5.69 Å². The lowest BCUT2D eigenvalue weighted by Crippen LogP contribution is -2.08. The third kappa shape index (κ3) is 4.12. The molecule has 0 spiro atoms. The number of carbonyl (C=O) groups is 1. The van der Waals surface area contributed by atoms with E-state index in [0.29, 0.717) is 5.69 Å². The predicted molar refractivity (Wildman–Crippen MR) is 101 cm³/mol. The van der Waals surface area contributed by atoms with Crippen LogP contribution in [0.25, 0.3) is 10.6 Å². The number of carbonyl (C=O) groups excluding carboxylic acids is 1. The Kier molecular flexibility index (Phi) is 5.46. The van der Waals surface area contributed by atoms with E-state index in [0.717, 1.165) is 16.3 Å². The molecule has 0 aliphatic carbocycles. The Balaban J connectivity index is 1.69. The summed E-state index contributed by atoms with van der Waals surface area (Å²) in [6.45, 7) is 1.52. The van der Waals surface area contributed by atoms with Gasteiger partial charge in [0.1, 0.15) is 17.4 Å². The fourth-order valence-corrected chi connectivity index (χ4v) is 3.31. The number of hydrogen-bond acceptors (Lipinski definition) is 7. The lowest BCUT2D eigenvalue weighted by molar-refractivity contribution is -0.385. The summed E-state index contributed by atoms with van der Waals surface area (Å²) >= 11 is 1.44. The highest BCUT2D eigenvalue weighted by molar-refractivity contribution is 7.13. The average molecular weight is 384 g/mol. The minimum Gasteiger partial charge on any atom is -0.497 e. The molecule has 0 N–H and O–H groups in total. The van der Waals surface area contributed by atoms with Crippen LogP contribution < -0.4 is 4.74 Å². The van der Waals surface area contributed by atoms with Gasteiger partial charge in [-0.05, 0) is 37.3 Å². The zero-order valence-electron chi connectivity index (χ0n) is 14.7.